The largest absolute Gasteiger partial charge is 0.486 e. The normalized spacial score (nSPS) is 16.7. The van der Waals surface area contributed by atoms with Gasteiger partial charge in [-0.1, -0.05) is 36.4 Å². The molecule has 0 saturated carbocycles. The molecule has 34 heavy (non-hydrogen) atoms. The van der Waals surface area contributed by atoms with Crippen molar-refractivity contribution < 1.29 is 14.3 Å². The van der Waals surface area contributed by atoms with E-state index in [2.05, 4.69) is 25.0 Å². The first-order chi connectivity index (χ1) is 16.7. The van der Waals surface area contributed by atoms with Crippen LogP contribution in [0.3, 0.4) is 0 Å². The summed E-state index contributed by atoms with van der Waals surface area (Å²) < 4.78 is 13.3. The SMILES string of the molecule is CC(Sc1nnc(CN2CCCCC2)n1-c1ccccc1)C(=O)Nc1ccc2c(c1)OCCO2. The Balaban J connectivity index is 1.32. The number of nitrogens with zero attached hydrogens (tertiary/aromatic N) is 4. The molecule has 1 aromatic heterocycles. The highest BCUT2D eigenvalue weighted by atomic mass is 32.2. The maximum Gasteiger partial charge on any atom is 0.237 e. The van der Waals surface area contributed by atoms with Gasteiger partial charge in [0.2, 0.25) is 5.91 Å². The van der Waals surface area contributed by atoms with Gasteiger partial charge in [0.15, 0.2) is 22.5 Å². The van der Waals surface area contributed by atoms with Gasteiger partial charge in [-0.25, -0.2) is 0 Å². The summed E-state index contributed by atoms with van der Waals surface area (Å²) in [5, 5.41) is 12.3. The summed E-state index contributed by atoms with van der Waals surface area (Å²) in [6, 6.07) is 15.5. The number of anilines is 1. The van der Waals surface area contributed by atoms with Crippen LogP contribution in [0.15, 0.2) is 53.7 Å². The van der Waals surface area contributed by atoms with E-state index in [4.69, 9.17) is 9.47 Å². The number of fused-ring (bicyclic) bond motifs is 1. The minimum atomic E-state index is -0.373. The van der Waals surface area contributed by atoms with Crippen molar-refractivity contribution in [1.82, 2.24) is 19.7 Å². The van der Waals surface area contributed by atoms with Gasteiger partial charge in [-0.2, -0.15) is 0 Å². The Morgan fingerprint density at radius 1 is 1.03 bits per heavy atom. The number of rotatable bonds is 7. The van der Waals surface area contributed by atoms with Gasteiger partial charge in [-0.15, -0.1) is 10.2 Å². The van der Waals surface area contributed by atoms with Crippen molar-refractivity contribution >= 4 is 23.4 Å². The van der Waals surface area contributed by atoms with Crippen LogP contribution in [0.2, 0.25) is 0 Å². The van der Waals surface area contributed by atoms with Gasteiger partial charge in [0.05, 0.1) is 11.8 Å². The number of hydrogen-bond acceptors (Lipinski definition) is 7. The Kier molecular flexibility index (Phi) is 7.01. The molecule has 3 aromatic rings. The number of thioether (sulfide) groups is 1. The predicted molar refractivity (Wildman–Crippen MR) is 132 cm³/mol. The zero-order valence-corrected chi connectivity index (χ0v) is 20.1. The predicted octanol–water partition coefficient (Wildman–Crippen LogP) is 4.14. The van der Waals surface area contributed by atoms with Crippen LogP contribution in [0.5, 0.6) is 11.5 Å². The Labute approximate surface area is 203 Å². The van der Waals surface area contributed by atoms with Crippen molar-refractivity contribution in [3.63, 3.8) is 0 Å². The molecule has 1 atom stereocenters. The van der Waals surface area contributed by atoms with Crippen LogP contribution < -0.4 is 14.8 Å². The highest BCUT2D eigenvalue weighted by Crippen LogP contribution is 2.33. The van der Waals surface area contributed by atoms with Gasteiger partial charge in [0, 0.05) is 17.4 Å². The molecule has 1 fully saturated rings. The van der Waals surface area contributed by atoms with Crippen LogP contribution in [0.1, 0.15) is 32.0 Å². The first-order valence-corrected chi connectivity index (χ1v) is 12.6. The number of carbonyl (C=O) groups is 1. The number of para-hydroxylation sites is 1. The highest BCUT2D eigenvalue weighted by molar-refractivity contribution is 8.00. The highest BCUT2D eigenvalue weighted by Gasteiger charge is 2.23. The number of aromatic nitrogens is 3. The number of piperidine rings is 1. The van der Waals surface area contributed by atoms with E-state index in [9.17, 15) is 4.79 Å². The molecular weight excluding hydrogens is 450 g/mol. The number of benzene rings is 2. The summed E-state index contributed by atoms with van der Waals surface area (Å²) in [4.78, 5) is 15.4. The van der Waals surface area contributed by atoms with Crippen LogP contribution in [0, 0.1) is 0 Å². The third-order valence-electron chi connectivity index (χ3n) is 5.99. The molecule has 1 saturated heterocycles. The van der Waals surface area contributed by atoms with E-state index in [1.807, 2.05) is 49.4 Å². The summed E-state index contributed by atoms with van der Waals surface area (Å²) >= 11 is 1.41. The second-order valence-corrected chi connectivity index (χ2v) is 9.82. The molecule has 1 amide bonds. The van der Waals surface area contributed by atoms with Gasteiger partial charge in [-0.3, -0.25) is 14.3 Å². The summed E-state index contributed by atoms with van der Waals surface area (Å²) in [6.07, 6.45) is 3.73. The zero-order valence-electron chi connectivity index (χ0n) is 19.3. The fraction of sp³-hybridized carbons (Fsp3) is 0.400. The molecule has 2 aliphatic rings. The Hall–Kier alpha value is -3.04. The van der Waals surface area contributed by atoms with Crippen molar-refractivity contribution in [2.24, 2.45) is 0 Å². The molecule has 9 heteroatoms. The molecule has 1 N–H and O–H groups in total. The summed E-state index contributed by atoms with van der Waals surface area (Å²) in [5.74, 6) is 2.14. The number of carbonyl (C=O) groups excluding carboxylic acids is 1. The molecule has 1 unspecified atom stereocenters. The average Bonchev–Trinajstić information content (AvgIpc) is 3.26. The van der Waals surface area contributed by atoms with Gasteiger partial charge < -0.3 is 14.8 Å². The van der Waals surface area contributed by atoms with E-state index in [-0.39, 0.29) is 11.2 Å². The van der Waals surface area contributed by atoms with Crippen molar-refractivity contribution in [1.29, 1.82) is 0 Å². The molecule has 8 nitrogen and oxygen atoms in total. The van der Waals surface area contributed by atoms with E-state index in [1.54, 1.807) is 6.07 Å². The summed E-state index contributed by atoms with van der Waals surface area (Å²) in [7, 11) is 0. The molecule has 3 heterocycles. The fourth-order valence-electron chi connectivity index (χ4n) is 4.21. The molecule has 2 aliphatic heterocycles. The van der Waals surface area contributed by atoms with Gasteiger partial charge in [-0.05, 0) is 57.1 Å². The first kappa shape index (κ1) is 22.7. The second-order valence-electron chi connectivity index (χ2n) is 8.51. The van der Waals surface area contributed by atoms with Crippen molar-refractivity contribution in [3.8, 4) is 17.2 Å². The molecule has 178 valence electrons. The van der Waals surface area contributed by atoms with Crippen molar-refractivity contribution in [2.75, 3.05) is 31.6 Å². The maximum absolute atomic E-state index is 13.0. The number of ether oxygens (including phenoxy) is 2. The Morgan fingerprint density at radius 2 is 1.79 bits per heavy atom. The average molecular weight is 480 g/mol. The second kappa shape index (κ2) is 10.5. The van der Waals surface area contributed by atoms with E-state index < -0.39 is 0 Å². The number of nitrogens with one attached hydrogen (secondary N) is 1. The maximum atomic E-state index is 13.0. The molecule has 2 aromatic carbocycles. The fourth-order valence-corrected chi connectivity index (χ4v) is 5.10. The molecule has 5 rings (SSSR count). The van der Waals surface area contributed by atoms with Crippen LogP contribution in [-0.2, 0) is 11.3 Å². The van der Waals surface area contributed by atoms with Crippen LogP contribution >= 0.6 is 11.8 Å². The van der Waals surface area contributed by atoms with E-state index in [0.717, 1.165) is 31.1 Å². The molecule has 0 spiro atoms. The van der Waals surface area contributed by atoms with E-state index >= 15 is 0 Å². The van der Waals surface area contributed by atoms with Crippen LogP contribution in [0.25, 0.3) is 5.69 Å². The summed E-state index contributed by atoms with van der Waals surface area (Å²) in [5.41, 5.74) is 1.68. The molecule has 0 bridgehead atoms. The minimum Gasteiger partial charge on any atom is -0.486 e. The summed E-state index contributed by atoms with van der Waals surface area (Å²) in [6.45, 7) is 5.84. The Morgan fingerprint density at radius 3 is 2.59 bits per heavy atom. The van der Waals surface area contributed by atoms with Crippen molar-refractivity contribution in [3.05, 3.63) is 54.4 Å². The quantitative estimate of drug-likeness (QED) is 0.510. The third kappa shape index (κ3) is 5.20. The standard InChI is InChI=1S/C25H29N5O3S/c1-18(24(31)26-19-10-11-21-22(16-19)33-15-14-32-21)34-25-28-27-23(17-29-12-6-3-7-13-29)30(25)20-8-4-2-5-9-20/h2,4-5,8-11,16,18H,3,6-7,12-15,17H2,1H3,(H,26,31). The monoisotopic (exact) mass is 479 g/mol. The van der Waals surface area contributed by atoms with Gasteiger partial charge >= 0.3 is 0 Å². The van der Waals surface area contributed by atoms with Gasteiger partial charge in [0.1, 0.15) is 13.2 Å². The topological polar surface area (TPSA) is 81.5 Å². The number of amides is 1. The number of likely N-dealkylation sites (tertiary alicyclic amines) is 1. The molecular formula is C25H29N5O3S. The molecule has 0 radical (unpaired) electrons. The van der Waals surface area contributed by atoms with Gasteiger partial charge in [0.25, 0.3) is 0 Å². The van der Waals surface area contributed by atoms with Crippen LogP contribution in [0.4, 0.5) is 5.69 Å². The Bertz CT molecular complexity index is 1130. The van der Waals surface area contributed by atoms with E-state index in [0.29, 0.717) is 35.6 Å². The van der Waals surface area contributed by atoms with E-state index in [1.165, 1.54) is 31.0 Å². The van der Waals surface area contributed by atoms with Crippen LogP contribution in [-0.4, -0.2) is 57.1 Å². The lowest BCUT2D eigenvalue weighted by molar-refractivity contribution is -0.115. The molecule has 0 aliphatic carbocycles. The minimum absolute atomic E-state index is 0.109. The first-order valence-electron chi connectivity index (χ1n) is 11.8. The lowest BCUT2D eigenvalue weighted by Gasteiger charge is -2.26. The van der Waals surface area contributed by atoms with Crippen molar-refractivity contribution in [2.45, 2.75) is 43.1 Å². The smallest absolute Gasteiger partial charge is 0.237 e. The zero-order chi connectivity index (χ0) is 23.3. The lowest BCUT2D eigenvalue weighted by Crippen LogP contribution is -2.30. The number of hydrogen-bond donors (Lipinski definition) is 1. The lowest BCUT2D eigenvalue weighted by atomic mass is 10.1. The third-order valence-corrected chi connectivity index (χ3v) is 7.03.